The normalized spacial score (nSPS) is 36.4. The monoisotopic (exact) mass is 213 g/mol. The summed E-state index contributed by atoms with van der Waals surface area (Å²) in [4.78, 5) is 0. The van der Waals surface area contributed by atoms with Gasteiger partial charge < -0.3 is 15.6 Å². The van der Waals surface area contributed by atoms with Gasteiger partial charge in [-0.05, 0) is 25.7 Å². The number of hydrogen-bond acceptors (Lipinski definition) is 3. The predicted molar refractivity (Wildman–Crippen MR) is 59.6 cm³/mol. The number of nitrogens with two attached hydrogens (primary N) is 1. The van der Waals surface area contributed by atoms with Crippen molar-refractivity contribution in [2.75, 3.05) is 19.8 Å². The lowest BCUT2D eigenvalue weighted by molar-refractivity contribution is -0.0909. The topological polar surface area (TPSA) is 55.5 Å². The molecule has 0 bridgehead atoms. The Bertz CT molecular complexity index is 204. The Kier molecular flexibility index (Phi) is 3.33. The minimum Gasteiger partial charge on any atom is -0.389 e. The third-order valence-electron chi connectivity index (χ3n) is 4.48. The smallest absolute Gasteiger partial charge is 0.0738 e. The van der Waals surface area contributed by atoms with E-state index in [1.807, 2.05) is 0 Å². The van der Waals surface area contributed by atoms with Crippen molar-refractivity contribution in [3.8, 4) is 0 Å². The molecule has 15 heavy (non-hydrogen) atoms. The largest absolute Gasteiger partial charge is 0.389 e. The highest BCUT2D eigenvalue weighted by atomic mass is 16.5. The molecule has 2 rings (SSSR count). The fourth-order valence-electron chi connectivity index (χ4n) is 3.38. The summed E-state index contributed by atoms with van der Waals surface area (Å²) in [6.07, 6.45) is 7.24. The van der Waals surface area contributed by atoms with E-state index in [2.05, 4.69) is 0 Å². The molecule has 88 valence electrons. The molecule has 0 aromatic rings. The van der Waals surface area contributed by atoms with Gasteiger partial charge in [-0.3, -0.25) is 0 Å². The van der Waals surface area contributed by atoms with E-state index in [9.17, 15) is 5.11 Å². The predicted octanol–water partition coefficient (Wildman–Crippen LogP) is 1.44. The van der Waals surface area contributed by atoms with Gasteiger partial charge in [0.2, 0.25) is 0 Å². The van der Waals surface area contributed by atoms with Crippen molar-refractivity contribution in [3.63, 3.8) is 0 Å². The molecule has 1 aliphatic heterocycles. The zero-order valence-electron chi connectivity index (χ0n) is 9.50. The molecule has 3 nitrogen and oxygen atoms in total. The highest BCUT2D eigenvalue weighted by Crippen LogP contribution is 2.49. The lowest BCUT2D eigenvalue weighted by atomic mass is 9.67. The summed E-state index contributed by atoms with van der Waals surface area (Å²) in [6.45, 7) is 2.12. The molecular weight excluding hydrogens is 190 g/mol. The SMILES string of the molecule is NCC1(C2(O)CCCOCC2)CCCC1. The molecule has 0 aromatic heterocycles. The molecule has 0 spiro atoms. The first-order chi connectivity index (χ1) is 7.22. The Balaban J connectivity index is 2.16. The summed E-state index contributed by atoms with van der Waals surface area (Å²) >= 11 is 0. The minimum absolute atomic E-state index is 0.0132. The van der Waals surface area contributed by atoms with Gasteiger partial charge in [0, 0.05) is 31.6 Å². The van der Waals surface area contributed by atoms with Crippen molar-refractivity contribution >= 4 is 0 Å². The van der Waals surface area contributed by atoms with Crippen molar-refractivity contribution in [2.24, 2.45) is 11.1 Å². The van der Waals surface area contributed by atoms with E-state index >= 15 is 0 Å². The standard InChI is InChI=1S/C12H23NO2/c13-10-11(4-1-2-5-11)12(14)6-3-8-15-9-7-12/h14H,1-10,13H2. The van der Waals surface area contributed by atoms with Crippen molar-refractivity contribution in [1.29, 1.82) is 0 Å². The Hall–Kier alpha value is -0.120. The third kappa shape index (κ3) is 1.93. The quantitative estimate of drug-likeness (QED) is 0.729. The van der Waals surface area contributed by atoms with Crippen LogP contribution >= 0.6 is 0 Å². The maximum absolute atomic E-state index is 10.8. The third-order valence-corrected chi connectivity index (χ3v) is 4.48. The molecule has 0 amide bonds. The van der Waals surface area contributed by atoms with Gasteiger partial charge in [-0.25, -0.2) is 0 Å². The number of hydrogen-bond donors (Lipinski definition) is 2. The minimum atomic E-state index is -0.561. The number of aliphatic hydroxyl groups is 1. The van der Waals surface area contributed by atoms with E-state index in [4.69, 9.17) is 10.5 Å². The zero-order valence-corrected chi connectivity index (χ0v) is 9.50. The van der Waals surface area contributed by atoms with E-state index in [-0.39, 0.29) is 5.41 Å². The van der Waals surface area contributed by atoms with Gasteiger partial charge in [-0.15, -0.1) is 0 Å². The Morgan fingerprint density at radius 1 is 1.00 bits per heavy atom. The van der Waals surface area contributed by atoms with E-state index in [1.165, 1.54) is 12.8 Å². The molecule has 1 unspecified atom stereocenters. The molecule has 1 saturated carbocycles. The van der Waals surface area contributed by atoms with Crippen LogP contribution in [-0.2, 0) is 4.74 Å². The molecule has 0 aromatic carbocycles. The first-order valence-electron chi connectivity index (χ1n) is 6.23. The van der Waals surface area contributed by atoms with E-state index in [0.29, 0.717) is 13.2 Å². The van der Waals surface area contributed by atoms with Crippen LogP contribution < -0.4 is 5.73 Å². The van der Waals surface area contributed by atoms with Gasteiger partial charge in [0.25, 0.3) is 0 Å². The molecule has 1 heterocycles. The second-order valence-corrected chi connectivity index (χ2v) is 5.19. The fourth-order valence-corrected chi connectivity index (χ4v) is 3.38. The Labute approximate surface area is 92.0 Å². The van der Waals surface area contributed by atoms with Crippen molar-refractivity contribution < 1.29 is 9.84 Å². The van der Waals surface area contributed by atoms with Gasteiger partial charge in [-0.1, -0.05) is 12.8 Å². The molecule has 3 N–H and O–H groups in total. The summed E-state index contributed by atoms with van der Waals surface area (Å²) in [5.41, 5.74) is 5.36. The van der Waals surface area contributed by atoms with E-state index in [0.717, 1.165) is 38.7 Å². The molecule has 1 saturated heterocycles. The summed E-state index contributed by atoms with van der Waals surface area (Å²) in [6, 6.07) is 0. The first kappa shape index (κ1) is 11.4. The van der Waals surface area contributed by atoms with Crippen LogP contribution in [0.4, 0.5) is 0 Å². The van der Waals surface area contributed by atoms with Crippen molar-refractivity contribution in [1.82, 2.24) is 0 Å². The van der Waals surface area contributed by atoms with E-state index < -0.39 is 5.60 Å². The first-order valence-corrected chi connectivity index (χ1v) is 6.23. The van der Waals surface area contributed by atoms with Gasteiger partial charge in [0.1, 0.15) is 0 Å². The summed E-state index contributed by atoms with van der Waals surface area (Å²) in [5, 5.41) is 10.8. The zero-order chi connectivity index (χ0) is 10.8. The van der Waals surface area contributed by atoms with Crippen LogP contribution in [0, 0.1) is 5.41 Å². The summed E-state index contributed by atoms with van der Waals surface area (Å²) in [7, 11) is 0. The molecule has 1 atom stereocenters. The second kappa shape index (κ2) is 4.40. The average molecular weight is 213 g/mol. The van der Waals surface area contributed by atoms with Crippen LogP contribution in [-0.4, -0.2) is 30.5 Å². The lowest BCUT2D eigenvalue weighted by Gasteiger charge is -2.44. The number of rotatable bonds is 2. The average Bonchev–Trinajstić information content (AvgIpc) is 2.64. The van der Waals surface area contributed by atoms with Gasteiger partial charge in [0.15, 0.2) is 0 Å². The molecule has 2 fully saturated rings. The van der Waals surface area contributed by atoms with Crippen LogP contribution in [0.3, 0.4) is 0 Å². The summed E-state index contributed by atoms with van der Waals surface area (Å²) in [5.74, 6) is 0. The van der Waals surface area contributed by atoms with Crippen LogP contribution in [0.2, 0.25) is 0 Å². The van der Waals surface area contributed by atoms with Gasteiger partial charge >= 0.3 is 0 Å². The maximum atomic E-state index is 10.8. The fraction of sp³-hybridized carbons (Fsp3) is 1.00. The molecular formula is C12H23NO2. The molecule has 2 aliphatic rings. The molecule has 0 radical (unpaired) electrons. The second-order valence-electron chi connectivity index (χ2n) is 5.19. The summed E-state index contributed by atoms with van der Waals surface area (Å²) < 4.78 is 5.44. The lowest BCUT2D eigenvalue weighted by Crippen LogP contribution is -2.51. The van der Waals surface area contributed by atoms with Gasteiger partial charge in [0.05, 0.1) is 5.60 Å². The molecule has 1 aliphatic carbocycles. The van der Waals surface area contributed by atoms with Crippen molar-refractivity contribution in [3.05, 3.63) is 0 Å². The Morgan fingerprint density at radius 3 is 2.40 bits per heavy atom. The Morgan fingerprint density at radius 2 is 1.73 bits per heavy atom. The van der Waals surface area contributed by atoms with Crippen LogP contribution in [0.1, 0.15) is 44.9 Å². The highest BCUT2D eigenvalue weighted by Gasteiger charge is 2.50. The van der Waals surface area contributed by atoms with Crippen LogP contribution in [0.25, 0.3) is 0 Å². The van der Waals surface area contributed by atoms with Crippen molar-refractivity contribution in [2.45, 2.75) is 50.5 Å². The van der Waals surface area contributed by atoms with E-state index in [1.54, 1.807) is 0 Å². The highest BCUT2D eigenvalue weighted by molar-refractivity contribution is 5.02. The van der Waals surface area contributed by atoms with Crippen LogP contribution in [0.15, 0.2) is 0 Å². The van der Waals surface area contributed by atoms with Gasteiger partial charge in [-0.2, -0.15) is 0 Å². The maximum Gasteiger partial charge on any atom is 0.0738 e. The van der Waals surface area contributed by atoms with Crippen LogP contribution in [0.5, 0.6) is 0 Å². The number of ether oxygens (including phenoxy) is 1. The molecule has 3 heteroatoms.